The van der Waals surface area contributed by atoms with E-state index in [0.29, 0.717) is 11.7 Å². The Kier molecular flexibility index (Phi) is 4.74. The number of nitrogens with zero attached hydrogens (tertiary/aromatic N) is 2. The first kappa shape index (κ1) is 14.5. The van der Waals surface area contributed by atoms with Crippen molar-refractivity contribution in [3.63, 3.8) is 0 Å². The molecule has 0 fully saturated rings. The van der Waals surface area contributed by atoms with Crippen LogP contribution in [-0.4, -0.2) is 10.1 Å². The zero-order valence-corrected chi connectivity index (χ0v) is 12.2. The second-order valence-electron chi connectivity index (χ2n) is 5.04. The van der Waals surface area contributed by atoms with E-state index in [4.69, 9.17) is 15.0 Å². The van der Waals surface area contributed by atoms with Gasteiger partial charge in [0, 0.05) is 17.5 Å². The molecule has 0 aliphatic carbocycles. The minimum atomic E-state index is -0.0253. The van der Waals surface area contributed by atoms with E-state index in [-0.39, 0.29) is 18.6 Å². The van der Waals surface area contributed by atoms with Gasteiger partial charge in [0.1, 0.15) is 5.75 Å². The molecule has 108 valence electrons. The maximum atomic E-state index is 6.08. The Morgan fingerprint density at radius 3 is 2.70 bits per heavy atom. The van der Waals surface area contributed by atoms with Gasteiger partial charge < -0.3 is 15.0 Å². The van der Waals surface area contributed by atoms with Crippen LogP contribution in [0.2, 0.25) is 0 Å². The Labute approximate surface area is 119 Å². The Balaban J connectivity index is 2.06. The average Bonchev–Trinajstić information content (AvgIpc) is 2.93. The summed E-state index contributed by atoms with van der Waals surface area (Å²) in [4.78, 5) is 4.29. The van der Waals surface area contributed by atoms with E-state index in [2.05, 4.69) is 17.1 Å². The number of para-hydroxylation sites is 1. The number of hydrogen-bond donors (Lipinski definition) is 1. The Morgan fingerprint density at radius 2 is 2.05 bits per heavy atom. The molecule has 1 aromatic carbocycles. The molecule has 0 saturated carbocycles. The highest BCUT2D eigenvalue weighted by atomic mass is 16.5. The van der Waals surface area contributed by atoms with Crippen LogP contribution in [0.1, 0.15) is 56.4 Å². The number of hydrogen-bond acceptors (Lipinski definition) is 5. The number of nitrogens with two attached hydrogens (primary N) is 1. The summed E-state index contributed by atoms with van der Waals surface area (Å²) in [5.74, 6) is 2.17. The highest BCUT2D eigenvalue weighted by Crippen LogP contribution is 2.26. The molecular weight excluding hydrogens is 254 g/mol. The van der Waals surface area contributed by atoms with Crippen molar-refractivity contribution in [2.75, 3.05) is 0 Å². The molecule has 5 heteroatoms. The molecule has 0 unspecified atom stereocenters. The van der Waals surface area contributed by atoms with Crippen LogP contribution in [0, 0.1) is 0 Å². The second-order valence-corrected chi connectivity index (χ2v) is 5.04. The van der Waals surface area contributed by atoms with E-state index in [1.165, 1.54) is 0 Å². The van der Waals surface area contributed by atoms with Gasteiger partial charge in [-0.15, -0.1) is 0 Å². The summed E-state index contributed by atoms with van der Waals surface area (Å²) in [5.41, 5.74) is 7.08. The molecule has 0 radical (unpaired) electrons. The Hall–Kier alpha value is -1.88. The molecule has 1 aromatic heterocycles. The molecule has 0 saturated heterocycles. The minimum absolute atomic E-state index is 0.0253. The van der Waals surface area contributed by atoms with Crippen molar-refractivity contribution in [3.8, 4) is 5.75 Å². The lowest BCUT2D eigenvalue weighted by Gasteiger charge is -2.14. The summed E-state index contributed by atoms with van der Waals surface area (Å²) in [6.07, 6.45) is 0.861. The fraction of sp³-hybridized carbons (Fsp3) is 0.467. The summed E-state index contributed by atoms with van der Waals surface area (Å²) in [6, 6.07) is 7.76. The van der Waals surface area contributed by atoms with Crippen LogP contribution < -0.4 is 10.5 Å². The van der Waals surface area contributed by atoms with Crippen molar-refractivity contribution in [1.29, 1.82) is 0 Å². The van der Waals surface area contributed by atoms with Gasteiger partial charge >= 0.3 is 0 Å². The molecule has 2 rings (SSSR count). The molecule has 0 aliphatic heterocycles. The topological polar surface area (TPSA) is 74.2 Å². The summed E-state index contributed by atoms with van der Waals surface area (Å²) >= 11 is 0. The van der Waals surface area contributed by atoms with Gasteiger partial charge in [0.2, 0.25) is 11.7 Å². The molecular formula is C15H21N3O2. The normalized spacial score (nSPS) is 12.7. The third kappa shape index (κ3) is 3.36. The van der Waals surface area contributed by atoms with E-state index in [9.17, 15) is 0 Å². The Morgan fingerprint density at radius 1 is 1.30 bits per heavy atom. The second kappa shape index (κ2) is 6.52. The molecule has 20 heavy (non-hydrogen) atoms. The third-order valence-corrected chi connectivity index (χ3v) is 3.09. The van der Waals surface area contributed by atoms with Gasteiger partial charge in [-0.25, -0.2) is 0 Å². The molecule has 1 atom stereocenters. The van der Waals surface area contributed by atoms with E-state index in [1.807, 2.05) is 38.1 Å². The maximum Gasteiger partial charge on any atom is 0.229 e. The zero-order valence-electron chi connectivity index (χ0n) is 12.2. The SMILES string of the molecule is CC[C@H](N)c1ccccc1OCc1noc(C(C)C)n1. The first-order chi connectivity index (χ1) is 9.61. The van der Waals surface area contributed by atoms with Crippen LogP contribution in [0.25, 0.3) is 0 Å². The standard InChI is InChI=1S/C15H21N3O2/c1-4-12(16)11-7-5-6-8-13(11)19-9-14-17-15(10(2)3)20-18-14/h5-8,10,12H,4,9,16H2,1-3H3/t12-/m0/s1. The predicted octanol–water partition coefficient (Wildman–Crippen LogP) is 3.18. The van der Waals surface area contributed by atoms with Crippen LogP contribution >= 0.6 is 0 Å². The van der Waals surface area contributed by atoms with E-state index in [1.54, 1.807) is 0 Å². The van der Waals surface area contributed by atoms with Crippen LogP contribution in [0.5, 0.6) is 5.75 Å². The fourth-order valence-electron chi connectivity index (χ4n) is 1.84. The van der Waals surface area contributed by atoms with Crippen molar-refractivity contribution in [2.24, 2.45) is 5.73 Å². The van der Waals surface area contributed by atoms with Gasteiger partial charge in [-0.2, -0.15) is 4.98 Å². The van der Waals surface area contributed by atoms with Crippen molar-refractivity contribution in [1.82, 2.24) is 10.1 Å². The van der Waals surface area contributed by atoms with Crippen LogP contribution in [0.15, 0.2) is 28.8 Å². The lowest BCUT2D eigenvalue weighted by atomic mass is 10.0. The summed E-state index contributed by atoms with van der Waals surface area (Å²) in [7, 11) is 0. The van der Waals surface area contributed by atoms with Crippen molar-refractivity contribution in [2.45, 2.75) is 45.8 Å². The molecule has 0 spiro atoms. The smallest absolute Gasteiger partial charge is 0.229 e. The summed E-state index contributed by atoms with van der Waals surface area (Å²) < 4.78 is 10.9. The van der Waals surface area contributed by atoms with Gasteiger partial charge in [-0.05, 0) is 12.5 Å². The summed E-state index contributed by atoms with van der Waals surface area (Å²) in [5, 5.41) is 3.90. The van der Waals surface area contributed by atoms with E-state index >= 15 is 0 Å². The Bertz CT molecular complexity index is 552. The van der Waals surface area contributed by atoms with Gasteiger partial charge in [0.15, 0.2) is 6.61 Å². The number of rotatable bonds is 6. The molecule has 2 aromatic rings. The maximum absolute atomic E-state index is 6.08. The van der Waals surface area contributed by atoms with E-state index in [0.717, 1.165) is 17.7 Å². The largest absolute Gasteiger partial charge is 0.485 e. The monoisotopic (exact) mass is 275 g/mol. The third-order valence-electron chi connectivity index (χ3n) is 3.09. The van der Waals surface area contributed by atoms with Crippen LogP contribution in [0.4, 0.5) is 0 Å². The molecule has 0 aliphatic rings. The molecule has 2 N–H and O–H groups in total. The average molecular weight is 275 g/mol. The van der Waals surface area contributed by atoms with Crippen molar-refractivity contribution >= 4 is 0 Å². The van der Waals surface area contributed by atoms with Gasteiger partial charge in [0.25, 0.3) is 0 Å². The highest BCUT2D eigenvalue weighted by molar-refractivity contribution is 5.35. The molecule has 0 amide bonds. The lowest BCUT2D eigenvalue weighted by molar-refractivity contribution is 0.280. The quantitative estimate of drug-likeness (QED) is 0.876. The minimum Gasteiger partial charge on any atom is -0.485 e. The first-order valence-electron chi connectivity index (χ1n) is 6.91. The van der Waals surface area contributed by atoms with Gasteiger partial charge in [-0.3, -0.25) is 0 Å². The highest BCUT2D eigenvalue weighted by Gasteiger charge is 2.13. The zero-order chi connectivity index (χ0) is 14.5. The van der Waals surface area contributed by atoms with Crippen LogP contribution in [-0.2, 0) is 6.61 Å². The number of benzene rings is 1. The van der Waals surface area contributed by atoms with E-state index < -0.39 is 0 Å². The molecule has 1 heterocycles. The lowest BCUT2D eigenvalue weighted by Crippen LogP contribution is -2.11. The molecule has 5 nitrogen and oxygen atoms in total. The van der Waals surface area contributed by atoms with Crippen LogP contribution in [0.3, 0.4) is 0 Å². The fourth-order valence-corrected chi connectivity index (χ4v) is 1.84. The predicted molar refractivity (Wildman–Crippen MR) is 76.4 cm³/mol. The first-order valence-corrected chi connectivity index (χ1v) is 6.91. The number of aromatic nitrogens is 2. The molecule has 0 bridgehead atoms. The van der Waals surface area contributed by atoms with Crippen molar-refractivity contribution in [3.05, 3.63) is 41.5 Å². The van der Waals surface area contributed by atoms with Gasteiger partial charge in [0.05, 0.1) is 0 Å². The van der Waals surface area contributed by atoms with Crippen molar-refractivity contribution < 1.29 is 9.26 Å². The number of ether oxygens (including phenoxy) is 1. The summed E-state index contributed by atoms with van der Waals surface area (Å²) in [6.45, 7) is 6.35. The van der Waals surface area contributed by atoms with Gasteiger partial charge in [-0.1, -0.05) is 44.1 Å².